The van der Waals surface area contributed by atoms with Gasteiger partial charge >= 0.3 is 5.97 Å². The molecule has 0 spiro atoms. The summed E-state index contributed by atoms with van der Waals surface area (Å²) in [6.45, 7) is -0.570. The molecule has 15 heavy (non-hydrogen) atoms. The maximum atomic E-state index is 10.5. The zero-order valence-electron chi connectivity index (χ0n) is 7.87. The number of aliphatic hydroxyl groups excluding tert-OH is 1. The van der Waals surface area contributed by atoms with Gasteiger partial charge in [-0.25, -0.2) is 4.79 Å². The van der Waals surface area contributed by atoms with Crippen LogP contribution in [-0.4, -0.2) is 40.2 Å². The van der Waals surface area contributed by atoms with Crippen LogP contribution in [0.15, 0.2) is 29.3 Å². The summed E-state index contributed by atoms with van der Waals surface area (Å²) in [4.78, 5) is 14.1. The molecule has 1 rings (SSSR count). The molecule has 0 aliphatic heterocycles. The van der Waals surface area contributed by atoms with Gasteiger partial charge in [0.1, 0.15) is 5.75 Å². The van der Waals surface area contributed by atoms with Gasteiger partial charge in [-0.3, -0.25) is 4.99 Å². The van der Waals surface area contributed by atoms with E-state index >= 15 is 0 Å². The van der Waals surface area contributed by atoms with Crippen molar-refractivity contribution >= 4 is 12.2 Å². The van der Waals surface area contributed by atoms with E-state index in [2.05, 4.69) is 4.99 Å². The van der Waals surface area contributed by atoms with E-state index in [9.17, 15) is 9.90 Å². The maximum absolute atomic E-state index is 10.5. The van der Waals surface area contributed by atoms with Crippen molar-refractivity contribution in [2.24, 2.45) is 4.99 Å². The van der Waals surface area contributed by atoms with Crippen LogP contribution in [0.25, 0.3) is 0 Å². The lowest BCUT2D eigenvalue weighted by Crippen LogP contribution is -2.22. The number of phenols is 1. The fraction of sp³-hybridized carbons (Fsp3) is 0.200. The van der Waals surface area contributed by atoms with Crippen molar-refractivity contribution in [3.05, 3.63) is 29.8 Å². The molecule has 5 nitrogen and oxygen atoms in total. The van der Waals surface area contributed by atoms with Gasteiger partial charge in [-0.1, -0.05) is 12.1 Å². The number of aliphatic imine (C=N–C) groups is 1. The molecule has 1 atom stereocenters. The summed E-state index contributed by atoms with van der Waals surface area (Å²) in [6.07, 6.45) is 1.23. The summed E-state index contributed by atoms with van der Waals surface area (Å²) in [5, 5.41) is 26.6. The lowest BCUT2D eigenvalue weighted by molar-refractivity contribution is -0.139. The van der Waals surface area contributed by atoms with Crippen LogP contribution >= 0.6 is 0 Å². The molecule has 5 heteroatoms. The molecular weight excluding hydrogens is 198 g/mol. The van der Waals surface area contributed by atoms with E-state index < -0.39 is 18.6 Å². The minimum Gasteiger partial charge on any atom is -0.507 e. The van der Waals surface area contributed by atoms with Crippen LogP contribution < -0.4 is 0 Å². The Bertz CT molecular complexity index is 375. The second kappa shape index (κ2) is 5.11. The van der Waals surface area contributed by atoms with E-state index in [1.165, 1.54) is 12.3 Å². The van der Waals surface area contributed by atoms with E-state index in [0.29, 0.717) is 5.56 Å². The van der Waals surface area contributed by atoms with E-state index in [0.717, 1.165) is 0 Å². The predicted octanol–water partition coefficient (Wildman–Crippen LogP) is 0.257. The second-order valence-corrected chi connectivity index (χ2v) is 2.87. The third kappa shape index (κ3) is 3.07. The number of rotatable bonds is 4. The minimum absolute atomic E-state index is 0.0170. The Kier molecular flexibility index (Phi) is 3.82. The van der Waals surface area contributed by atoms with Crippen LogP contribution in [0.2, 0.25) is 0 Å². The molecule has 0 unspecified atom stereocenters. The van der Waals surface area contributed by atoms with Crippen molar-refractivity contribution in [3.8, 4) is 5.75 Å². The number of hydrogen-bond acceptors (Lipinski definition) is 4. The summed E-state index contributed by atoms with van der Waals surface area (Å²) >= 11 is 0. The average molecular weight is 209 g/mol. The standard InChI is InChI=1S/C10H11NO4/c12-6-8(10(14)15)11-5-7-3-1-2-4-9(7)13/h1-5,8,12-13H,6H2,(H,14,15)/t8-/m0/s1. The summed E-state index contributed by atoms with van der Waals surface area (Å²) in [5.41, 5.74) is 0.414. The first-order chi connectivity index (χ1) is 7.15. The molecule has 1 aromatic carbocycles. The van der Waals surface area contributed by atoms with Crippen molar-refractivity contribution in [1.82, 2.24) is 0 Å². The number of carbonyl (C=O) groups is 1. The van der Waals surface area contributed by atoms with Crippen LogP contribution in [0.4, 0.5) is 0 Å². The van der Waals surface area contributed by atoms with Gasteiger partial charge in [-0.15, -0.1) is 0 Å². The van der Waals surface area contributed by atoms with E-state index in [-0.39, 0.29) is 5.75 Å². The van der Waals surface area contributed by atoms with Crippen LogP contribution in [0.5, 0.6) is 5.75 Å². The van der Waals surface area contributed by atoms with Crippen molar-refractivity contribution in [2.45, 2.75) is 6.04 Å². The van der Waals surface area contributed by atoms with Gasteiger partial charge < -0.3 is 15.3 Å². The highest BCUT2D eigenvalue weighted by Gasteiger charge is 2.13. The number of carboxylic acid groups (broad SMARTS) is 1. The number of aliphatic carboxylic acids is 1. The summed E-state index contributed by atoms with van der Waals surface area (Å²) in [6, 6.07) is 5.21. The molecule has 0 aliphatic rings. The SMILES string of the molecule is O=C(O)[C@H](CO)N=Cc1ccccc1O. The molecule has 0 aliphatic carbocycles. The Balaban J connectivity index is 2.81. The molecule has 0 bridgehead atoms. The Hall–Kier alpha value is -1.88. The van der Waals surface area contributed by atoms with Gasteiger partial charge in [0.15, 0.2) is 6.04 Å². The number of aliphatic hydroxyl groups is 1. The molecule has 80 valence electrons. The van der Waals surface area contributed by atoms with Crippen molar-refractivity contribution in [2.75, 3.05) is 6.61 Å². The number of hydrogen-bond donors (Lipinski definition) is 3. The molecule has 0 heterocycles. The first-order valence-corrected chi connectivity index (χ1v) is 4.30. The Morgan fingerprint density at radius 2 is 2.13 bits per heavy atom. The van der Waals surface area contributed by atoms with Crippen molar-refractivity contribution in [3.63, 3.8) is 0 Å². The summed E-state index contributed by atoms with van der Waals surface area (Å²) < 4.78 is 0. The number of carboxylic acids is 1. The van der Waals surface area contributed by atoms with E-state index in [1.807, 2.05) is 0 Å². The molecular formula is C10H11NO4. The molecule has 0 radical (unpaired) electrons. The van der Waals surface area contributed by atoms with Crippen molar-refractivity contribution < 1.29 is 20.1 Å². The molecule has 0 fully saturated rings. The third-order valence-corrected chi connectivity index (χ3v) is 1.79. The quantitative estimate of drug-likeness (QED) is 0.620. The highest BCUT2D eigenvalue weighted by molar-refractivity contribution is 5.85. The lowest BCUT2D eigenvalue weighted by atomic mass is 10.2. The average Bonchev–Trinajstić information content (AvgIpc) is 2.21. The number of aromatic hydroxyl groups is 1. The van der Waals surface area contributed by atoms with Crippen LogP contribution in [-0.2, 0) is 4.79 Å². The highest BCUT2D eigenvalue weighted by atomic mass is 16.4. The minimum atomic E-state index is -1.20. The van der Waals surface area contributed by atoms with Gasteiger partial charge in [-0.05, 0) is 12.1 Å². The molecule has 3 N–H and O–H groups in total. The fourth-order valence-electron chi connectivity index (χ4n) is 0.956. The molecule has 1 aromatic rings. The van der Waals surface area contributed by atoms with Crippen LogP contribution in [0, 0.1) is 0 Å². The zero-order chi connectivity index (χ0) is 11.3. The highest BCUT2D eigenvalue weighted by Crippen LogP contribution is 2.12. The zero-order valence-corrected chi connectivity index (χ0v) is 7.87. The molecule has 0 saturated carbocycles. The van der Waals surface area contributed by atoms with Gasteiger partial charge in [-0.2, -0.15) is 0 Å². The van der Waals surface area contributed by atoms with E-state index in [1.54, 1.807) is 18.2 Å². The number of para-hydroxylation sites is 1. The smallest absolute Gasteiger partial charge is 0.330 e. The maximum Gasteiger partial charge on any atom is 0.330 e. The van der Waals surface area contributed by atoms with E-state index in [4.69, 9.17) is 10.2 Å². The molecule has 0 aromatic heterocycles. The van der Waals surface area contributed by atoms with Crippen molar-refractivity contribution in [1.29, 1.82) is 0 Å². The van der Waals surface area contributed by atoms with Gasteiger partial charge in [0, 0.05) is 11.8 Å². The Morgan fingerprint density at radius 3 is 2.67 bits per heavy atom. The topological polar surface area (TPSA) is 90.1 Å². The van der Waals surface area contributed by atoms with Crippen LogP contribution in [0.1, 0.15) is 5.56 Å². The van der Waals surface area contributed by atoms with Gasteiger partial charge in [0.25, 0.3) is 0 Å². The summed E-state index contributed by atoms with van der Waals surface area (Å²) in [7, 11) is 0. The number of phenolic OH excluding ortho intramolecular Hbond substituents is 1. The Labute approximate surface area is 86.3 Å². The number of nitrogens with zero attached hydrogens (tertiary/aromatic N) is 1. The van der Waals surface area contributed by atoms with Gasteiger partial charge in [0.05, 0.1) is 6.61 Å². The van der Waals surface area contributed by atoms with Gasteiger partial charge in [0.2, 0.25) is 0 Å². The third-order valence-electron chi connectivity index (χ3n) is 1.79. The summed E-state index contributed by atoms with van der Waals surface area (Å²) in [5.74, 6) is -1.19. The van der Waals surface area contributed by atoms with Crippen LogP contribution in [0.3, 0.4) is 0 Å². The molecule has 0 amide bonds. The fourth-order valence-corrected chi connectivity index (χ4v) is 0.956. The first kappa shape index (κ1) is 11.2. The lowest BCUT2D eigenvalue weighted by Gasteiger charge is -2.02. The predicted molar refractivity (Wildman–Crippen MR) is 54.2 cm³/mol. The first-order valence-electron chi connectivity index (χ1n) is 4.30. The largest absolute Gasteiger partial charge is 0.507 e. The monoisotopic (exact) mass is 209 g/mol. The Morgan fingerprint density at radius 1 is 1.47 bits per heavy atom. The number of benzene rings is 1. The normalized spacial score (nSPS) is 12.9. The molecule has 0 saturated heterocycles. The second-order valence-electron chi connectivity index (χ2n) is 2.87.